The summed E-state index contributed by atoms with van der Waals surface area (Å²) in [7, 11) is 1.52. The van der Waals surface area contributed by atoms with E-state index in [-0.39, 0.29) is 25.4 Å². The van der Waals surface area contributed by atoms with Gasteiger partial charge in [-0.3, -0.25) is 9.83 Å². The van der Waals surface area contributed by atoms with Gasteiger partial charge in [0.15, 0.2) is 0 Å². The maximum absolute atomic E-state index is 10.6. The van der Waals surface area contributed by atoms with Gasteiger partial charge in [-0.15, -0.1) is 0 Å². The highest BCUT2D eigenvalue weighted by Crippen LogP contribution is 2.25. The van der Waals surface area contributed by atoms with Crippen LogP contribution in [-0.4, -0.2) is 61.2 Å². The molecular formula is C18H26N2O4. The van der Waals surface area contributed by atoms with Crippen molar-refractivity contribution in [1.82, 2.24) is 5.06 Å². The Balaban J connectivity index is 0.000000182. The Kier molecular flexibility index (Phi) is 7.52. The summed E-state index contributed by atoms with van der Waals surface area (Å²) in [5, 5.41) is 10.5. The number of hydroxylamine groups is 2. The fraction of sp³-hybridized carbons (Fsp3) is 0.556. The number of hydrogen-bond acceptors (Lipinski definition) is 6. The maximum atomic E-state index is 10.6. The van der Waals surface area contributed by atoms with Gasteiger partial charge in [-0.25, -0.2) is 0 Å². The van der Waals surface area contributed by atoms with Gasteiger partial charge in [0, 0.05) is 25.8 Å². The molecule has 2 aliphatic rings. The zero-order valence-electron chi connectivity index (χ0n) is 14.4. The summed E-state index contributed by atoms with van der Waals surface area (Å²) in [5.74, 6) is 0. The minimum Gasteiger partial charge on any atom is -0.394 e. The molecule has 1 aromatic carbocycles. The van der Waals surface area contributed by atoms with E-state index in [0.29, 0.717) is 0 Å². The second-order valence-corrected chi connectivity index (χ2v) is 5.97. The number of aldehydes is 1. The number of aliphatic hydroxyl groups excluding tert-OH is 1. The molecule has 0 radical (unpaired) electrons. The third-order valence-electron chi connectivity index (χ3n) is 4.12. The van der Waals surface area contributed by atoms with Crippen LogP contribution in [0.1, 0.15) is 25.3 Å². The van der Waals surface area contributed by atoms with Gasteiger partial charge in [-0.05, 0) is 31.4 Å². The SMILES string of the molecule is CC1=Nc2ccccc2C1.COC(CO)CON1CCC[C@H]1C=O. The zero-order chi connectivity index (χ0) is 17.4. The Morgan fingerprint density at radius 3 is 2.92 bits per heavy atom. The number of carbonyl (C=O) groups is 1. The zero-order valence-corrected chi connectivity index (χ0v) is 14.4. The van der Waals surface area contributed by atoms with E-state index in [4.69, 9.17) is 14.7 Å². The molecule has 24 heavy (non-hydrogen) atoms. The molecule has 0 saturated carbocycles. The van der Waals surface area contributed by atoms with Gasteiger partial charge in [0.1, 0.15) is 12.4 Å². The van der Waals surface area contributed by atoms with Crippen LogP contribution in [-0.2, 0) is 20.8 Å². The molecule has 3 rings (SSSR count). The first-order chi connectivity index (χ1) is 11.7. The quantitative estimate of drug-likeness (QED) is 0.805. The first-order valence-corrected chi connectivity index (χ1v) is 8.28. The lowest BCUT2D eigenvalue weighted by atomic mass is 10.1. The van der Waals surface area contributed by atoms with Gasteiger partial charge in [0.05, 0.1) is 24.9 Å². The second kappa shape index (κ2) is 9.64. The highest BCUT2D eigenvalue weighted by Gasteiger charge is 2.25. The van der Waals surface area contributed by atoms with Crippen LogP contribution < -0.4 is 0 Å². The molecule has 1 fully saturated rings. The lowest BCUT2D eigenvalue weighted by Crippen LogP contribution is -2.35. The molecule has 1 N–H and O–H groups in total. The summed E-state index contributed by atoms with van der Waals surface area (Å²) in [6.45, 7) is 3.05. The maximum Gasteiger partial charge on any atom is 0.139 e. The number of methoxy groups -OCH3 is 1. The van der Waals surface area contributed by atoms with Crippen molar-refractivity contribution in [3.8, 4) is 0 Å². The van der Waals surface area contributed by atoms with Crippen molar-refractivity contribution in [3.63, 3.8) is 0 Å². The monoisotopic (exact) mass is 334 g/mol. The summed E-state index contributed by atoms with van der Waals surface area (Å²) in [6, 6.07) is 8.15. The Hall–Kier alpha value is -1.60. The van der Waals surface area contributed by atoms with Crippen molar-refractivity contribution in [2.24, 2.45) is 4.99 Å². The third-order valence-corrected chi connectivity index (χ3v) is 4.12. The standard InChI is InChI=1S/C9H17NO4.C9H9N/c1-13-9(6-12)7-14-10-4-2-3-8(10)5-11;1-7-6-8-4-2-3-5-9(8)10-7/h5,8-9,12H,2-4,6-7H2,1H3;2-5H,6H2,1H3/t8-,9?;/m0./s1. The van der Waals surface area contributed by atoms with E-state index in [9.17, 15) is 4.79 Å². The average molecular weight is 334 g/mol. The van der Waals surface area contributed by atoms with Crippen molar-refractivity contribution in [2.45, 2.75) is 38.3 Å². The molecule has 2 atom stereocenters. The summed E-state index contributed by atoms with van der Waals surface area (Å²) < 4.78 is 4.94. The fourth-order valence-electron chi connectivity index (χ4n) is 2.73. The first-order valence-electron chi connectivity index (χ1n) is 8.28. The van der Waals surface area contributed by atoms with Gasteiger partial charge < -0.3 is 14.6 Å². The van der Waals surface area contributed by atoms with E-state index >= 15 is 0 Å². The Morgan fingerprint density at radius 1 is 1.46 bits per heavy atom. The number of ether oxygens (including phenoxy) is 1. The van der Waals surface area contributed by atoms with Crippen LogP contribution in [0, 0.1) is 0 Å². The molecule has 132 valence electrons. The van der Waals surface area contributed by atoms with Crippen molar-refractivity contribution in [3.05, 3.63) is 29.8 Å². The Labute approximate surface area is 143 Å². The molecule has 1 aromatic rings. The van der Waals surface area contributed by atoms with Gasteiger partial charge in [0.25, 0.3) is 0 Å². The van der Waals surface area contributed by atoms with Crippen LogP contribution in [0.15, 0.2) is 29.3 Å². The molecule has 1 unspecified atom stereocenters. The van der Waals surface area contributed by atoms with Crippen molar-refractivity contribution < 1.29 is 19.5 Å². The normalized spacial score (nSPS) is 20.8. The summed E-state index contributed by atoms with van der Waals surface area (Å²) in [6.07, 6.45) is 3.44. The third kappa shape index (κ3) is 5.21. The summed E-state index contributed by atoms with van der Waals surface area (Å²) in [5.41, 5.74) is 3.74. The van der Waals surface area contributed by atoms with E-state index in [1.54, 1.807) is 5.06 Å². The summed E-state index contributed by atoms with van der Waals surface area (Å²) in [4.78, 5) is 20.3. The number of aliphatic imine (C=N–C) groups is 1. The number of rotatable bonds is 6. The van der Waals surface area contributed by atoms with E-state index in [1.165, 1.54) is 18.4 Å². The molecule has 2 aliphatic heterocycles. The van der Waals surface area contributed by atoms with Crippen molar-refractivity contribution in [1.29, 1.82) is 0 Å². The predicted octanol–water partition coefficient (Wildman–Crippen LogP) is 1.92. The Morgan fingerprint density at radius 2 is 2.25 bits per heavy atom. The van der Waals surface area contributed by atoms with Crippen LogP contribution in [0.2, 0.25) is 0 Å². The first kappa shape index (κ1) is 18.7. The topological polar surface area (TPSA) is 71.4 Å². The molecule has 6 nitrogen and oxygen atoms in total. The minimum atomic E-state index is -0.317. The van der Waals surface area contributed by atoms with E-state index in [2.05, 4.69) is 30.1 Å². The number of para-hydroxylation sites is 1. The molecule has 0 spiro atoms. The van der Waals surface area contributed by atoms with Crippen molar-refractivity contribution in [2.75, 3.05) is 26.9 Å². The van der Waals surface area contributed by atoms with Crippen LogP contribution >= 0.6 is 0 Å². The second-order valence-electron chi connectivity index (χ2n) is 5.97. The Bertz CT molecular complexity index is 558. The number of carbonyl (C=O) groups excluding carboxylic acids is 1. The molecule has 0 amide bonds. The smallest absolute Gasteiger partial charge is 0.139 e. The van der Waals surface area contributed by atoms with Gasteiger partial charge in [-0.2, -0.15) is 5.06 Å². The highest BCUT2D eigenvalue weighted by atomic mass is 16.7. The van der Waals surface area contributed by atoms with Crippen LogP contribution in [0.3, 0.4) is 0 Å². The molecule has 0 aromatic heterocycles. The summed E-state index contributed by atoms with van der Waals surface area (Å²) >= 11 is 0. The number of hydrogen-bond donors (Lipinski definition) is 1. The van der Waals surface area contributed by atoms with Gasteiger partial charge in [0.2, 0.25) is 0 Å². The van der Waals surface area contributed by atoms with Crippen LogP contribution in [0.4, 0.5) is 5.69 Å². The number of aliphatic hydroxyl groups is 1. The molecule has 1 saturated heterocycles. The van der Waals surface area contributed by atoms with Gasteiger partial charge in [-0.1, -0.05) is 18.2 Å². The fourth-order valence-corrected chi connectivity index (χ4v) is 2.73. The molecule has 2 heterocycles. The minimum absolute atomic E-state index is 0.0733. The van der Waals surface area contributed by atoms with Crippen LogP contribution in [0.5, 0.6) is 0 Å². The number of fused-ring (bicyclic) bond motifs is 1. The van der Waals surface area contributed by atoms with Crippen LogP contribution in [0.25, 0.3) is 0 Å². The molecular weight excluding hydrogens is 308 g/mol. The average Bonchev–Trinajstić information content (AvgIpc) is 3.21. The molecule has 0 aliphatic carbocycles. The van der Waals surface area contributed by atoms with Crippen molar-refractivity contribution >= 4 is 17.7 Å². The van der Waals surface area contributed by atoms with E-state index < -0.39 is 0 Å². The molecule has 0 bridgehead atoms. The predicted molar refractivity (Wildman–Crippen MR) is 92.5 cm³/mol. The molecule has 6 heteroatoms. The largest absolute Gasteiger partial charge is 0.394 e. The number of nitrogens with zero attached hydrogens (tertiary/aromatic N) is 2. The van der Waals surface area contributed by atoms with Gasteiger partial charge >= 0.3 is 0 Å². The lowest BCUT2D eigenvalue weighted by molar-refractivity contribution is -0.191. The highest BCUT2D eigenvalue weighted by molar-refractivity contribution is 5.91. The number of benzene rings is 1. The van der Waals surface area contributed by atoms with E-state index in [1.807, 2.05) is 6.07 Å². The van der Waals surface area contributed by atoms with E-state index in [0.717, 1.165) is 37.8 Å². The lowest BCUT2D eigenvalue weighted by Gasteiger charge is -2.21.